The highest BCUT2D eigenvalue weighted by atomic mass is 16.6. The molecule has 1 saturated heterocycles. The van der Waals surface area contributed by atoms with Gasteiger partial charge >= 0.3 is 5.97 Å². The van der Waals surface area contributed by atoms with Crippen LogP contribution in [0.15, 0.2) is 30.3 Å². The first kappa shape index (κ1) is 14.7. The summed E-state index contributed by atoms with van der Waals surface area (Å²) in [5, 5.41) is 0. The average molecular weight is 313 g/mol. The standard InChI is InChI=1S/C19H23NO3/c1-13(21)23-19-16(17(19)14-8-4-2-5-9-14)12-20(18(19)22)15-10-6-3-7-11-15/h2,4-5,8-9,15-17H,3,6-7,10-12H2,1H3/t16-,17-,19+/m0/s1. The van der Waals surface area contributed by atoms with Gasteiger partial charge in [-0.05, 0) is 18.4 Å². The zero-order valence-electron chi connectivity index (χ0n) is 13.5. The third-order valence-corrected chi connectivity index (χ3v) is 5.78. The lowest BCUT2D eigenvalue weighted by atomic mass is 9.93. The molecule has 3 atom stereocenters. The van der Waals surface area contributed by atoms with E-state index in [0.717, 1.165) is 24.9 Å². The molecule has 4 rings (SSSR count). The molecule has 0 bridgehead atoms. The minimum Gasteiger partial charge on any atom is -0.448 e. The summed E-state index contributed by atoms with van der Waals surface area (Å²) < 4.78 is 5.64. The molecule has 122 valence electrons. The molecule has 0 radical (unpaired) electrons. The number of nitrogens with zero attached hydrogens (tertiary/aromatic N) is 1. The van der Waals surface area contributed by atoms with Gasteiger partial charge in [-0.15, -0.1) is 0 Å². The Bertz CT molecular complexity index is 623. The van der Waals surface area contributed by atoms with Crippen LogP contribution >= 0.6 is 0 Å². The summed E-state index contributed by atoms with van der Waals surface area (Å²) in [6.45, 7) is 2.14. The van der Waals surface area contributed by atoms with E-state index in [0.29, 0.717) is 6.04 Å². The molecule has 1 aliphatic heterocycles. The predicted molar refractivity (Wildman–Crippen MR) is 85.8 cm³/mol. The summed E-state index contributed by atoms with van der Waals surface area (Å²) in [5.74, 6) is -0.172. The number of likely N-dealkylation sites (tertiary alicyclic amines) is 1. The molecule has 4 nitrogen and oxygen atoms in total. The van der Waals surface area contributed by atoms with Gasteiger partial charge in [0.25, 0.3) is 5.91 Å². The van der Waals surface area contributed by atoms with Gasteiger partial charge in [0.2, 0.25) is 5.60 Å². The van der Waals surface area contributed by atoms with Crippen molar-refractivity contribution < 1.29 is 14.3 Å². The molecule has 2 aliphatic carbocycles. The summed E-state index contributed by atoms with van der Waals surface area (Å²) in [6.07, 6.45) is 5.84. The molecule has 3 fully saturated rings. The van der Waals surface area contributed by atoms with E-state index in [9.17, 15) is 9.59 Å². The second kappa shape index (κ2) is 5.36. The van der Waals surface area contributed by atoms with Gasteiger partial charge in [0.1, 0.15) is 0 Å². The fraction of sp³-hybridized carbons (Fsp3) is 0.579. The molecule has 0 unspecified atom stereocenters. The second-order valence-corrected chi connectivity index (χ2v) is 7.13. The number of hydrogen-bond acceptors (Lipinski definition) is 3. The number of carbonyl (C=O) groups excluding carboxylic acids is 2. The number of amides is 1. The van der Waals surface area contributed by atoms with Gasteiger partial charge in [-0.2, -0.15) is 0 Å². The summed E-state index contributed by atoms with van der Waals surface area (Å²) in [4.78, 5) is 26.8. The van der Waals surface area contributed by atoms with Crippen LogP contribution in [-0.2, 0) is 14.3 Å². The summed E-state index contributed by atoms with van der Waals surface area (Å²) in [6, 6.07) is 10.3. The first-order valence-electron chi connectivity index (χ1n) is 8.70. The molecule has 1 heterocycles. The van der Waals surface area contributed by atoms with Gasteiger partial charge in [-0.3, -0.25) is 9.59 Å². The smallest absolute Gasteiger partial charge is 0.303 e. The number of ether oxygens (including phenoxy) is 1. The van der Waals surface area contributed by atoms with Crippen LogP contribution in [-0.4, -0.2) is 35.0 Å². The largest absolute Gasteiger partial charge is 0.448 e. The lowest BCUT2D eigenvalue weighted by Gasteiger charge is -2.33. The first-order chi connectivity index (χ1) is 11.1. The SMILES string of the molecule is CC(=O)O[C@]12C(=O)N(C3CCCCC3)C[C@H]1[C@@H]2c1ccccc1. The normalized spacial score (nSPS) is 33.4. The monoisotopic (exact) mass is 313 g/mol. The van der Waals surface area contributed by atoms with Gasteiger partial charge < -0.3 is 9.64 Å². The Balaban J connectivity index is 1.61. The summed E-state index contributed by atoms with van der Waals surface area (Å²) in [5.41, 5.74) is 0.181. The van der Waals surface area contributed by atoms with Crippen molar-refractivity contribution in [3.63, 3.8) is 0 Å². The lowest BCUT2D eigenvalue weighted by molar-refractivity contribution is -0.160. The maximum Gasteiger partial charge on any atom is 0.303 e. The van der Waals surface area contributed by atoms with Crippen molar-refractivity contribution >= 4 is 11.9 Å². The van der Waals surface area contributed by atoms with E-state index >= 15 is 0 Å². The third-order valence-electron chi connectivity index (χ3n) is 5.78. The van der Waals surface area contributed by atoms with Crippen LogP contribution in [0.4, 0.5) is 0 Å². The Morgan fingerprint density at radius 3 is 2.52 bits per heavy atom. The molecular formula is C19H23NO3. The number of fused-ring (bicyclic) bond motifs is 1. The van der Waals surface area contributed by atoms with E-state index in [4.69, 9.17) is 4.74 Å². The van der Waals surface area contributed by atoms with Crippen LogP contribution in [0.5, 0.6) is 0 Å². The molecule has 4 heteroatoms. The molecule has 0 spiro atoms. The van der Waals surface area contributed by atoms with E-state index in [1.165, 1.54) is 26.2 Å². The van der Waals surface area contributed by atoms with Gasteiger partial charge in [-0.1, -0.05) is 49.6 Å². The van der Waals surface area contributed by atoms with Crippen molar-refractivity contribution in [1.29, 1.82) is 0 Å². The molecule has 2 saturated carbocycles. The highest BCUT2D eigenvalue weighted by molar-refractivity contribution is 5.96. The average Bonchev–Trinajstić information content (AvgIpc) is 3.11. The Kier molecular flexibility index (Phi) is 3.43. The van der Waals surface area contributed by atoms with Gasteiger partial charge in [0.05, 0.1) is 0 Å². The van der Waals surface area contributed by atoms with Crippen molar-refractivity contribution in [2.75, 3.05) is 6.54 Å². The van der Waals surface area contributed by atoms with Crippen molar-refractivity contribution in [2.24, 2.45) is 5.92 Å². The zero-order chi connectivity index (χ0) is 16.0. The quantitative estimate of drug-likeness (QED) is 0.806. The Hall–Kier alpha value is -1.84. The van der Waals surface area contributed by atoms with Crippen LogP contribution in [0, 0.1) is 5.92 Å². The van der Waals surface area contributed by atoms with Crippen LogP contribution in [0.3, 0.4) is 0 Å². The Labute approximate surface area is 136 Å². The fourth-order valence-corrected chi connectivity index (χ4v) is 4.75. The van der Waals surface area contributed by atoms with Crippen LogP contribution in [0.25, 0.3) is 0 Å². The minimum atomic E-state index is -0.926. The van der Waals surface area contributed by atoms with Crippen molar-refractivity contribution in [1.82, 2.24) is 4.90 Å². The number of rotatable bonds is 3. The lowest BCUT2D eigenvalue weighted by Crippen LogP contribution is -2.45. The number of esters is 1. The maximum atomic E-state index is 13.1. The molecule has 0 aromatic heterocycles. The van der Waals surface area contributed by atoms with E-state index in [-0.39, 0.29) is 23.7 Å². The molecule has 3 aliphatic rings. The fourth-order valence-electron chi connectivity index (χ4n) is 4.75. The number of piperidine rings is 1. The van der Waals surface area contributed by atoms with Crippen molar-refractivity contribution in [3.05, 3.63) is 35.9 Å². The zero-order valence-corrected chi connectivity index (χ0v) is 13.5. The number of carbonyl (C=O) groups is 2. The molecule has 1 aromatic rings. The molecular weight excluding hydrogens is 290 g/mol. The van der Waals surface area contributed by atoms with Crippen LogP contribution in [0.2, 0.25) is 0 Å². The highest BCUT2D eigenvalue weighted by Gasteiger charge is 2.78. The van der Waals surface area contributed by atoms with Crippen molar-refractivity contribution in [3.8, 4) is 0 Å². The van der Waals surface area contributed by atoms with Gasteiger partial charge in [0.15, 0.2) is 0 Å². The van der Waals surface area contributed by atoms with E-state index in [1.54, 1.807) is 0 Å². The third kappa shape index (κ3) is 2.19. The van der Waals surface area contributed by atoms with E-state index < -0.39 is 5.60 Å². The van der Waals surface area contributed by atoms with Gasteiger partial charge in [-0.25, -0.2) is 0 Å². The second-order valence-electron chi connectivity index (χ2n) is 7.13. The molecule has 1 aromatic carbocycles. The van der Waals surface area contributed by atoms with Crippen LogP contribution in [0.1, 0.15) is 50.5 Å². The highest BCUT2D eigenvalue weighted by Crippen LogP contribution is 2.65. The first-order valence-corrected chi connectivity index (χ1v) is 8.70. The Morgan fingerprint density at radius 2 is 1.87 bits per heavy atom. The minimum absolute atomic E-state index is 0.0277. The molecule has 23 heavy (non-hydrogen) atoms. The number of benzene rings is 1. The van der Waals surface area contributed by atoms with Crippen LogP contribution < -0.4 is 0 Å². The topological polar surface area (TPSA) is 46.6 Å². The summed E-state index contributed by atoms with van der Waals surface area (Å²) >= 11 is 0. The summed E-state index contributed by atoms with van der Waals surface area (Å²) in [7, 11) is 0. The maximum absolute atomic E-state index is 13.1. The Morgan fingerprint density at radius 1 is 1.17 bits per heavy atom. The molecule has 0 N–H and O–H groups in total. The predicted octanol–water partition coefficient (Wildman–Crippen LogP) is 2.88. The molecule has 1 amide bonds. The van der Waals surface area contributed by atoms with Gasteiger partial charge in [0, 0.05) is 31.3 Å². The van der Waals surface area contributed by atoms with E-state index in [2.05, 4.69) is 0 Å². The number of hydrogen-bond donors (Lipinski definition) is 0. The van der Waals surface area contributed by atoms with E-state index in [1.807, 2.05) is 35.2 Å². The van der Waals surface area contributed by atoms with Crippen molar-refractivity contribution in [2.45, 2.75) is 56.6 Å².